The van der Waals surface area contributed by atoms with Crippen LogP contribution in [0.15, 0.2) is 48.5 Å². The molecule has 0 saturated carbocycles. The number of carbonyl (C=O) groups is 1. The van der Waals surface area contributed by atoms with E-state index in [0.717, 1.165) is 17.5 Å². The third-order valence-corrected chi connectivity index (χ3v) is 4.16. The molecule has 25 heavy (non-hydrogen) atoms. The lowest BCUT2D eigenvalue weighted by Gasteiger charge is -2.06. The van der Waals surface area contributed by atoms with E-state index in [9.17, 15) is 4.79 Å². The van der Waals surface area contributed by atoms with Crippen molar-refractivity contribution in [2.45, 2.75) is 26.4 Å². The summed E-state index contributed by atoms with van der Waals surface area (Å²) < 4.78 is 0. The molecule has 1 heterocycles. The molecule has 6 nitrogen and oxygen atoms in total. The van der Waals surface area contributed by atoms with Crippen LogP contribution in [-0.2, 0) is 24.3 Å². The van der Waals surface area contributed by atoms with Crippen molar-refractivity contribution in [3.8, 4) is 11.4 Å². The highest BCUT2D eigenvalue weighted by Crippen LogP contribution is 2.15. The zero-order chi connectivity index (χ0) is 17.6. The van der Waals surface area contributed by atoms with Crippen LogP contribution in [0.5, 0.6) is 0 Å². The summed E-state index contributed by atoms with van der Waals surface area (Å²) in [5, 5.41) is 15.6. The van der Waals surface area contributed by atoms with Gasteiger partial charge in [0.15, 0.2) is 0 Å². The lowest BCUT2D eigenvalue weighted by Crippen LogP contribution is -2.28. The van der Waals surface area contributed by atoms with Gasteiger partial charge in [0, 0.05) is 17.1 Å². The standard InChI is InChI=1S/C18H18ClN5O/c1-2-13-7-9-14(10-8-13)18-21-23-24(22-18)12-17(25)20-11-15-5-3-4-6-16(15)19/h3-10H,2,11-12H2,1H3,(H,20,25). The van der Waals surface area contributed by atoms with Crippen LogP contribution < -0.4 is 5.32 Å². The summed E-state index contributed by atoms with van der Waals surface area (Å²) in [6, 6.07) is 15.4. The van der Waals surface area contributed by atoms with Gasteiger partial charge in [-0.1, -0.05) is 61.0 Å². The number of hydrogen-bond donors (Lipinski definition) is 1. The third-order valence-electron chi connectivity index (χ3n) is 3.79. The van der Waals surface area contributed by atoms with Gasteiger partial charge in [-0.2, -0.15) is 4.80 Å². The van der Waals surface area contributed by atoms with Crippen LogP contribution in [-0.4, -0.2) is 26.1 Å². The number of hydrogen-bond acceptors (Lipinski definition) is 4. The van der Waals surface area contributed by atoms with Gasteiger partial charge in [0.1, 0.15) is 6.54 Å². The van der Waals surface area contributed by atoms with E-state index in [1.807, 2.05) is 42.5 Å². The Morgan fingerprint density at radius 3 is 2.64 bits per heavy atom. The molecule has 0 bridgehead atoms. The van der Waals surface area contributed by atoms with Crippen LogP contribution in [0.2, 0.25) is 5.02 Å². The quantitative estimate of drug-likeness (QED) is 0.738. The maximum absolute atomic E-state index is 12.0. The smallest absolute Gasteiger partial charge is 0.243 e. The minimum absolute atomic E-state index is 0.00446. The number of tetrazole rings is 1. The van der Waals surface area contributed by atoms with Crippen molar-refractivity contribution in [3.05, 3.63) is 64.7 Å². The van der Waals surface area contributed by atoms with E-state index in [4.69, 9.17) is 11.6 Å². The van der Waals surface area contributed by atoms with Gasteiger partial charge in [-0.3, -0.25) is 4.79 Å². The number of nitrogens with one attached hydrogen (secondary N) is 1. The molecular weight excluding hydrogens is 338 g/mol. The predicted molar refractivity (Wildman–Crippen MR) is 95.9 cm³/mol. The first kappa shape index (κ1) is 17.1. The number of rotatable bonds is 6. The lowest BCUT2D eigenvalue weighted by atomic mass is 10.1. The van der Waals surface area contributed by atoms with Crippen molar-refractivity contribution in [1.29, 1.82) is 0 Å². The molecule has 128 valence electrons. The fraction of sp³-hybridized carbons (Fsp3) is 0.222. The van der Waals surface area contributed by atoms with Gasteiger partial charge in [-0.15, -0.1) is 10.2 Å². The molecule has 0 aliphatic rings. The molecule has 7 heteroatoms. The SMILES string of the molecule is CCc1ccc(-c2nnn(CC(=O)NCc3ccccc3Cl)n2)cc1. The van der Waals surface area contributed by atoms with Crippen LogP contribution in [0.4, 0.5) is 0 Å². The lowest BCUT2D eigenvalue weighted by molar-refractivity contribution is -0.122. The Morgan fingerprint density at radius 1 is 1.16 bits per heavy atom. The molecular formula is C18H18ClN5O. The minimum Gasteiger partial charge on any atom is -0.350 e. The zero-order valence-corrected chi connectivity index (χ0v) is 14.6. The first-order valence-corrected chi connectivity index (χ1v) is 8.40. The Labute approximate surface area is 150 Å². The van der Waals surface area contributed by atoms with Gasteiger partial charge in [-0.05, 0) is 28.8 Å². The van der Waals surface area contributed by atoms with Gasteiger partial charge in [-0.25, -0.2) is 0 Å². The van der Waals surface area contributed by atoms with Crippen LogP contribution in [0.25, 0.3) is 11.4 Å². The van der Waals surface area contributed by atoms with Gasteiger partial charge >= 0.3 is 0 Å². The molecule has 0 aliphatic carbocycles. The fourth-order valence-corrected chi connectivity index (χ4v) is 2.54. The van der Waals surface area contributed by atoms with E-state index in [1.165, 1.54) is 10.4 Å². The molecule has 0 aliphatic heterocycles. The van der Waals surface area contributed by atoms with E-state index < -0.39 is 0 Å². The first-order chi connectivity index (χ1) is 12.2. The van der Waals surface area contributed by atoms with Crippen molar-refractivity contribution in [2.24, 2.45) is 0 Å². The van der Waals surface area contributed by atoms with Crippen molar-refractivity contribution < 1.29 is 4.79 Å². The second-order valence-electron chi connectivity index (χ2n) is 5.56. The molecule has 0 spiro atoms. The average Bonchev–Trinajstić information content (AvgIpc) is 3.09. The second kappa shape index (κ2) is 7.90. The molecule has 0 radical (unpaired) electrons. The number of nitrogens with zero attached hydrogens (tertiary/aromatic N) is 4. The van der Waals surface area contributed by atoms with E-state index >= 15 is 0 Å². The molecule has 1 aromatic heterocycles. The van der Waals surface area contributed by atoms with Crippen molar-refractivity contribution >= 4 is 17.5 Å². The van der Waals surface area contributed by atoms with Gasteiger partial charge in [0.05, 0.1) is 0 Å². The highest BCUT2D eigenvalue weighted by molar-refractivity contribution is 6.31. The third kappa shape index (κ3) is 4.42. The minimum atomic E-state index is -0.204. The van der Waals surface area contributed by atoms with Crippen molar-refractivity contribution in [3.63, 3.8) is 0 Å². The fourth-order valence-electron chi connectivity index (χ4n) is 2.34. The summed E-state index contributed by atoms with van der Waals surface area (Å²) >= 11 is 6.07. The van der Waals surface area contributed by atoms with Crippen LogP contribution in [0, 0.1) is 0 Å². The molecule has 0 atom stereocenters. The van der Waals surface area contributed by atoms with E-state index in [1.54, 1.807) is 6.07 Å². The summed E-state index contributed by atoms with van der Waals surface area (Å²) in [4.78, 5) is 13.3. The van der Waals surface area contributed by atoms with Crippen LogP contribution in [0.1, 0.15) is 18.1 Å². The molecule has 0 fully saturated rings. The topological polar surface area (TPSA) is 72.7 Å². The largest absolute Gasteiger partial charge is 0.350 e. The average molecular weight is 356 g/mol. The van der Waals surface area contributed by atoms with E-state index in [0.29, 0.717) is 17.4 Å². The molecule has 1 N–H and O–H groups in total. The maximum atomic E-state index is 12.0. The number of amides is 1. The summed E-state index contributed by atoms with van der Waals surface area (Å²) in [7, 11) is 0. The Morgan fingerprint density at radius 2 is 1.92 bits per heavy atom. The first-order valence-electron chi connectivity index (χ1n) is 8.03. The van der Waals surface area contributed by atoms with Crippen molar-refractivity contribution in [1.82, 2.24) is 25.5 Å². The van der Waals surface area contributed by atoms with Gasteiger partial charge < -0.3 is 5.32 Å². The molecule has 0 unspecified atom stereocenters. The monoisotopic (exact) mass is 355 g/mol. The molecule has 3 aromatic rings. The molecule has 0 saturated heterocycles. The van der Waals surface area contributed by atoms with Crippen molar-refractivity contribution in [2.75, 3.05) is 0 Å². The number of carbonyl (C=O) groups excluding carboxylic acids is 1. The zero-order valence-electron chi connectivity index (χ0n) is 13.8. The number of aromatic nitrogens is 4. The number of aryl methyl sites for hydroxylation is 1. The predicted octanol–water partition coefficient (Wildman–Crippen LogP) is 2.87. The highest BCUT2D eigenvalue weighted by atomic mass is 35.5. The molecule has 1 amide bonds. The van der Waals surface area contributed by atoms with Crippen LogP contribution in [0.3, 0.4) is 0 Å². The number of halogens is 1. The maximum Gasteiger partial charge on any atom is 0.243 e. The van der Waals surface area contributed by atoms with Gasteiger partial charge in [0.25, 0.3) is 0 Å². The van der Waals surface area contributed by atoms with Crippen LogP contribution >= 0.6 is 11.6 Å². The number of benzene rings is 2. The Bertz CT molecular complexity index is 860. The highest BCUT2D eigenvalue weighted by Gasteiger charge is 2.10. The summed E-state index contributed by atoms with van der Waals surface area (Å²) in [6.45, 7) is 2.47. The molecule has 3 rings (SSSR count). The summed E-state index contributed by atoms with van der Waals surface area (Å²) in [5.74, 6) is 0.298. The normalized spacial score (nSPS) is 10.6. The van der Waals surface area contributed by atoms with E-state index in [2.05, 4.69) is 27.7 Å². The second-order valence-corrected chi connectivity index (χ2v) is 5.97. The summed E-state index contributed by atoms with van der Waals surface area (Å²) in [5.41, 5.74) is 2.98. The Kier molecular flexibility index (Phi) is 5.40. The Balaban J connectivity index is 1.59. The van der Waals surface area contributed by atoms with Gasteiger partial charge in [0.2, 0.25) is 11.7 Å². The van der Waals surface area contributed by atoms with E-state index in [-0.39, 0.29) is 12.5 Å². The summed E-state index contributed by atoms with van der Waals surface area (Å²) in [6.07, 6.45) is 0.978. The molecule has 2 aromatic carbocycles. The Hall–Kier alpha value is -2.73.